The van der Waals surface area contributed by atoms with E-state index in [1.54, 1.807) is 6.92 Å². The smallest absolute Gasteiger partial charge is 0.335 e. The highest BCUT2D eigenvalue weighted by Gasteiger charge is 2.10. The molecule has 92 valence electrons. The Kier molecular flexibility index (Phi) is 4.48. The Hall–Kier alpha value is -1.59. The summed E-state index contributed by atoms with van der Waals surface area (Å²) in [5, 5.41) is 11.5. The molecule has 0 aliphatic rings. The topological polar surface area (TPSA) is 92.4 Å². The van der Waals surface area contributed by atoms with Gasteiger partial charge in [-0.2, -0.15) is 0 Å². The number of carbonyl (C=O) groups is 2. The van der Waals surface area contributed by atoms with Crippen LogP contribution in [0.2, 0.25) is 5.02 Å². The van der Waals surface area contributed by atoms with Crippen LogP contribution >= 0.6 is 11.6 Å². The lowest BCUT2D eigenvalue weighted by Gasteiger charge is -2.09. The maximum atomic E-state index is 11.4. The van der Waals surface area contributed by atoms with E-state index in [9.17, 15) is 9.59 Å². The second-order valence-electron chi connectivity index (χ2n) is 3.73. The van der Waals surface area contributed by atoms with E-state index < -0.39 is 5.97 Å². The van der Waals surface area contributed by atoms with Crippen LogP contribution in [-0.4, -0.2) is 23.0 Å². The second kappa shape index (κ2) is 5.65. The highest BCUT2D eigenvalue weighted by Crippen LogP contribution is 2.23. The molecule has 1 unspecified atom stereocenters. The maximum Gasteiger partial charge on any atom is 0.335 e. The molecule has 1 aromatic carbocycles. The first-order valence-electron chi connectivity index (χ1n) is 4.98. The number of carboxylic acids is 1. The predicted octanol–water partition coefficient (Wildman–Crippen LogP) is 1.71. The number of nitrogens with two attached hydrogens (primary N) is 1. The molecule has 6 heteroatoms. The Morgan fingerprint density at radius 3 is 2.65 bits per heavy atom. The highest BCUT2D eigenvalue weighted by atomic mass is 35.5. The van der Waals surface area contributed by atoms with Crippen molar-refractivity contribution in [1.82, 2.24) is 0 Å². The number of halogens is 1. The summed E-state index contributed by atoms with van der Waals surface area (Å²) in [6.45, 7) is 1.72. The molecular formula is C11H13ClN2O3. The van der Waals surface area contributed by atoms with Gasteiger partial charge in [-0.05, 0) is 25.1 Å². The van der Waals surface area contributed by atoms with Crippen molar-refractivity contribution < 1.29 is 14.7 Å². The number of anilines is 1. The van der Waals surface area contributed by atoms with Gasteiger partial charge in [-0.25, -0.2) is 4.79 Å². The minimum absolute atomic E-state index is 0.0696. The average molecular weight is 257 g/mol. The number of carboxylic acid groups (broad SMARTS) is 1. The maximum absolute atomic E-state index is 11.4. The quantitative estimate of drug-likeness (QED) is 0.765. The lowest BCUT2D eigenvalue weighted by Crippen LogP contribution is -2.24. The molecule has 0 aliphatic heterocycles. The Balaban J connectivity index is 2.79. The highest BCUT2D eigenvalue weighted by molar-refractivity contribution is 6.34. The van der Waals surface area contributed by atoms with Crippen LogP contribution in [0.4, 0.5) is 5.69 Å². The first-order valence-corrected chi connectivity index (χ1v) is 5.36. The van der Waals surface area contributed by atoms with Crippen LogP contribution in [0.5, 0.6) is 0 Å². The molecule has 1 amide bonds. The first-order chi connectivity index (χ1) is 7.90. The van der Waals surface area contributed by atoms with Gasteiger partial charge >= 0.3 is 5.97 Å². The van der Waals surface area contributed by atoms with Gasteiger partial charge in [-0.15, -0.1) is 0 Å². The number of hydrogen-bond acceptors (Lipinski definition) is 3. The first kappa shape index (κ1) is 13.5. The fourth-order valence-electron chi connectivity index (χ4n) is 1.24. The van der Waals surface area contributed by atoms with Crippen molar-refractivity contribution in [3.05, 3.63) is 28.8 Å². The van der Waals surface area contributed by atoms with Crippen LogP contribution in [0, 0.1) is 0 Å². The number of hydrogen-bond donors (Lipinski definition) is 3. The molecule has 0 aliphatic carbocycles. The van der Waals surface area contributed by atoms with Gasteiger partial charge in [0.1, 0.15) is 0 Å². The summed E-state index contributed by atoms with van der Waals surface area (Å²) in [5.41, 5.74) is 5.92. The summed E-state index contributed by atoms with van der Waals surface area (Å²) in [5.74, 6) is -1.33. The number of carbonyl (C=O) groups excluding carboxylic acids is 1. The van der Waals surface area contributed by atoms with Crippen LogP contribution < -0.4 is 11.1 Å². The van der Waals surface area contributed by atoms with E-state index in [-0.39, 0.29) is 29.0 Å². The summed E-state index contributed by atoms with van der Waals surface area (Å²) in [4.78, 5) is 22.1. The number of amides is 1. The van der Waals surface area contributed by atoms with E-state index in [0.29, 0.717) is 5.69 Å². The minimum atomic E-state index is -1.07. The molecule has 1 rings (SSSR count). The molecule has 0 fully saturated rings. The minimum Gasteiger partial charge on any atom is -0.478 e. The van der Waals surface area contributed by atoms with Gasteiger partial charge in [0.15, 0.2) is 0 Å². The van der Waals surface area contributed by atoms with Crippen molar-refractivity contribution in [1.29, 1.82) is 0 Å². The van der Waals surface area contributed by atoms with Crippen LogP contribution in [0.25, 0.3) is 0 Å². The number of rotatable bonds is 4. The lowest BCUT2D eigenvalue weighted by atomic mass is 10.2. The SMILES string of the molecule is CC(N)CC(=O)Nc1ccc(C(=O)O)cc1Cl. The van der Waals surface area contributed by atoms with E-state index in [0.717, 1.165) is 0 Å². The van der Waals surface area contributed by atoms with Crippen LogP contribution in [0.1, 0.15) is 23.7 Å². The zero-order valence-corrected chi connectivity index (χ0v) is 9.99. The summed E-state index contributed by atoms with van der Waals surface area (Å²) >= 11 is 5.84. The van der Waals surface area contributed by atoms with Crippen molar-refractivity contribution in [3.63, 3.8) is 0 Å². The average Bonchev–Trinajstić information content (AvgIpc) is 2.19. The normalized spacial score (nSPS) is 11.9. The van der Waals surface area contributed by atoms with Gasteiger partial charge in [-0.3, -0.25) is 4.79 Å². The monoisotopic (exact) mass is 256 g/mol. The molecule has 0 heterocycles. The molecular weight excluding hydrogens is 244 g/mol. The zero-order valence-electron chi connectivity index (χ0n) is 9.24. The fourth-order valence-corrected chi connectivity index (χ4v) is 1.47. The van der Waals surface area contributed by atoms with Gasteiger partial charge in [0, 0.05) is 12.5 Å². The molecule has 0 saturated carbocycles. The standard InChI is InChI=1S/C11H13ClN2O3/c1-6(13)4-10(15)14-9-3-2-7(11(16)17)5-8(9)12/h2-3,5-6H,4,13H2,1H3,(H,14,15)(H,16,17). The van der Waals surface area contributed by atoms with Crippen molar-refractivity contribution in [3.8, 4) is 0 Å². The van der Waals surface area contributed by atoms with Crippen LogP contribution in [-0.2, 0) is 4.79 Å². The summed E-state index contributed by atoms with van der Waals surface area (Å²) in [6.07, 6.45) is 0.178. The Labute approximate surface area is 104 Å². The molecule has 1 aromatic rings. The van der Waals surface area contributed by atoms with Gasteiger partial charge < -0.3 is 16.2 Å². The molecule has 0 aromatic heterocycles. The third-order valence-electron chi connectivity index (χ3n) is 2.00. The molecule has 0 spiro atoms. The van der Waals surface area contributed by atoms with E-state index in [4.69, 9.17) is 22.4 Å². The van der Waals surface area contributed by atoms with E-state index >= 15 is 0 Å². The molecule has 0 saturated heterocycles. The van der Waals surface area contributed by atoms with Crippen molar-refractivity contribution >= 4 is 29.2 Å². The van der Waals surface area contributed by atoms with E-state index in [2.05, 4.69) is 5.32 Å². The molecule has 0 radical (unpaired) electrons. The third-order valence-corrected chi connectivity index (χ3v) is 2.31. The van der Waals surface area contributed by atoms with Crippen LogP contribution in [0.3, 0.4) is 0 Å². The summed E-state index contributed by atoms with van der Waals surface area (Å²) in [6, 6.07) is 3.86. The molecule has 1 atom stereocenters. The lowest BCUT2D eigenvalue weighted by molar-refractivity contribution is -0.116. The molecule has 0 bridgehead atoms. The molecule has 17 heavy (non-hydrogen) atoms. The zero-order chi connectivity index (χ0) is 13.0. The number of nitrogens with one attached hydrogen (secondary N) is 1. The van der Waals surface area contributed by atoms with Gasteiger partial charge in [0.2, 0.25) is 5.91 Å². The Morgan fingerprint density at radius 2 is 2.18 bits per heavy atom. The van der Waals surface area contributed by atoms with Crippen molar-refractivity contribution in [2.45, 2.75) is 19.4 Å². The van der Waals surface area contributed by atoms with Gasteiger partial charge in [0.25, 0.3) is 0 Å². The molecule has 5 nitrogen and oxygen atoms in total. The molecule has 4 N–H and O–H groups in total. The third kappa shape index (κ3) is 4.05. The van der Waals surface area contributed by atoms with Crippen LogP contribution in [0.15, 0.2) is 18.2 Å². The van der Waals surface area contributed by atoms with E-state index in [1.807, 2.05) is 0 Å². The van der Waals surface area contributed by atoms with Crippen molar-refractivity contribution in [2.75, 3.05) is 5.32 Å². The largest absolute Gasteiger partial charge is 0.478 e. The van der Waals surface area contributed by atoms with Gasteiger partial charge in [-0.1, -0.05) is 11.6 Å². The predicted molar refractivity (Wildman–Crippen MR) is 65.3 cm³/mol. The second-order valence-corrected chi connectivity index (χ2v) is 4.14. The van der Waals surface area contributed by atoms with Gasteiger partial charge in [0.05, 0.1) is 16.3 Å². The Bertz CT molecular complexity index is 446. The fraction of sp³-hybridized carbons (Fsp3) is 0.273. The summed E-state index contributed by atoms with van der Waals surface area (Å²) in [7, 11) is 0. The van der Waals surface area contributed by atoms with Crippen molar-refractivity contribution in [2.24, 2.45) is 5.73 Å². The summed E-state index contributed by atoms with van der Waals surface area (Å²) < 4.78 is 0. The Morgan fingerprint density at radius 1 is 1.53 bits per heavy atom. The number of aromatic carboxylic acids is 1. The van der Waals surface area contributed by atoms with E-state index in [1.165, 1.54) is 18.2 Å². The number of benzene rings is 1.